The lowest BCUT2D eigenvalue weighted by molar-refractivity contribution is 0.00345. The zero-order valence-corrected chi connectivity index (χ0v) is 20.2. The molecule has 0 saturated carbocycles. The minimum Gasteiger partial charge on any atom is -0.304 e. The lowest BCUT2D eigenvalue weighted by Crippen LogP contribution is -2.66. The number of likely N-dealkylation sites (N-methyl/N-ethyl adjacent to an activating group) is 3. The van der Waals surface area contributed by atoms with Gasteiger partial charge in [0.05, 0.1) is 5.29 Å². The smallest absolute Gasteiger partial charge is 0.0666 e. The highest BCUT2D eigenvalue weighted by Gasteiger charge is 2.38. The standard InChI is InChI=1S/C20H47N3Si/c1-8-9-10-11-12-13-14-15-16-17-18-19(21(2)3)20(24,22(4)5)23(6)7/h19H,8-18H2,1-7,24H3. The molecular formula is C20H47N3Si. The molecule has 0 rings (SSSR count). The van der Waals surface area contributed by atoms with E-state index < -0.39 is 0 Å². The Morgan fingerprint density at radius 3 is 1.38 bits per heavy atom. The van der Waals surface area contributed by atoms with Gasteiger partial charge in [0, 0.05) is 16.3 Å². The van der Waals surface area contributed by atoms with E-state index in [1.54, 1.807) is 0 Å². The maximum absolute atomic E-state index is 2.45. The molecule has 0 aromatic carbocycles. The van der Waals surface area contributed by atoms with E-state index in [1.807, 2.05) is 0 Å². The normalized spacial score (nSPS) is 14.2. The first-order valence-corrected chi connectivity index (χ1v) is 11.3. The van der Waals surface area contributed by atoms with E-state index in [0.717, 1.165) is 10.2 Å². The van der Waals surface area contributed by atoms with Gasteiger partial charge in [-0.15, -0.1) is 0 Å². The van der Waals surface area contributed by atoms with Gasteiger partial charge in [-0.1, -0.05) is 71.1 Å². The molecule has 146 valence electrons. The quantitative estimate of drug-likeness (QED) is 0.253. The molecule has 24 heavy (non-hydrogen) atoms. The highest BCUT2D eigenvalue weighted by Crippen LogP contribution is 2.24. The minimum absolute atomic E-state index is 0.211. The summed E-state index contributed by atoms with van der Waals surface area (Å²) in [6, 6.07) is 0.614. The van der Waals surface area contributed by atoms with E-state index in [2.05, 4.69) is 63.9 Å². The summed E-state index contributed by atoms with van der Waals surface area (Å²) in [5, 5.41) is 0.211. The average molecular weight is 358 g/mol. The number of nitrogens with zero attached hydrogens (tertiary/aromatic N) is 3. The van der Waals surface area contributed by atoms with Gasteiger partial charge in [0.1, 0.15) is 0 Å². The Kier molecular flexibility index (Phi) is 13.4. The predicted molar refractivity (Wildman–Crippen MR) is 114 cm³/mol. The van der Waals surface area contributed by atoms with Crippen LogP contribution in [0.25, 0.3) is 0 Å². The maximum Gasteiger partial charge on any atom is 0.0666 e. The molecule has 1 atom stereocenters. The van der Waals surface area contributed by atoms with Crippen LogP contribution < -0.4 is 0 Å². The third kappa shape index (κ3) is 8.46. The molecule has 0 fully saturated rings. The molecule has 0 aliphatic carbocycles. The highest BCUT2D eigenvalue weighted by atomic mass is 28.1. The van der Waals surface area contributed by atoms with E-state index in [1.165, 1.54) is 70.6 Å². The predicted octanol–water partition coefficient (Wildman–Crippen LogP) is 3.37. The molecule has 0 bridgehead atoms. The molecule has 0 heterocycles. The van der Waals surface area contributed by atoms with Gasteiger partial charge in [-0.2, -0.15) is 0 Å². The first-order valence-electron chi connectivity index (χ1n) is 10.3. The van der Waals surface area contributed by atoms with Gasteiger partial charge in [0.2, 0.25) is 0 Å². The second kappa shape index (κ2) is 13.3. The van der Waals surface area contributed by atoms with Crippen LogP contribution >= 0.6 is 0 Å². The molecule has 0 aromatic rings. The van der Waals surface area contributed by atoms with Crippen LogP contribution in [0.5, 0.6) is 0 Å². The summed E-state index contributed by atoms with van der Waals surface area (Å²) in [6.07, 6.45) is 15.5. The van der Waals surface area contributed by atoms with Gasteiger partial charge >= 0.3 is 0 Å². The third-order valence-corrected chi connectivity index (χ3v) is 8.35. The number of rotatable bonds is 15. The van der Waals surface area contributed by atoms with Crippen molar-refractivity contribution in [3.63, 3.8) is 0 Å². The van der Waals surface area contributed by atoms with Crippen LogP contribution in [0.4, 0.5) is 0 Å². The lowest BCUT2D eigenvalue weighted by Gasteiger charge is -2.50. The SMILES string of the molecule is CCCCCCCCCCCCC(N(C)C)C([SiH3])(N(C)C)N(C)C. The lowest BCUT2D eigenvalue weighted by atomic mass is 10.0. The number of unbranched alkanes of at least 4 members (excludes halogenated alkanes) is 9. The summed E-state index contributed by atoms with van der Waals surface area (Å²) >= 11 is 0. The van der Waals surface area contributed by atoms with E-state index in [4.69, 9.17) is 0 Å². The summed E-state index contributed by atoms with van der Waals surface area (Å²) in [4.78, 5) is 7.31. The average Bonchev–Trinajstić information content (AvgIpc) is 2.51. The summed E-state index contributed by atoms with van der Waals surface area (Å²) in [5.41, 5.74) is 0. The maximum atomic E-state index is 2.45. The third-order valence-electron chi connectivity index (χ3n) is 5.90. The second-order valence-electron chi connectivity index (χ2n) is 8.33. The fourth-order valence-electron chi connectivity index (χ4n) is 3.84. The number of hydrogen-bond acceptors (Lipinski definition) is 3. The van der Waals surface area contributed by atoms with Crippen molar-refractivity contribution in [3.05, 3.63) is 0 Å². The fraction of sp³-hybridized carbons (Fsp3) is 1.00. The summed E-state index contributed by atoms with van der Waals surface area (Å²) in [5.74, 6) is 0. The molecule has 0 N–H and O–H groups in total. The fourth-order valence-corrected chi connectivity index (χ4v) is 4.65. The van der Waals surface area contributed by atoms with E-state index in [9.17, 15) is 0 Å². The van der Waals surface area contributed by atoms with Gasteiger partial charge in [-0.25, -0.2) is 0 Å². The van der Waals surface area contributed by atoms with Crippen LogP contribution in [0.15, 0.2) is 0 Å². The molecule has 0 saturated heterocycles. The Bertz CT molecular complexity index is 285. The molecule has 4 heteroatoms. The summed E-state index contributed by atoms with van der Waals surface area (Å²) < 4.78 is 0. The Morgan fingerprint density at radius 2 is 1.04 bits per heavy atom. The first-order chi connectivity index (χ1) is 11.3. The van der Waals surface area contributed by atoms with Crippen molar-refractivity contribution in [1.82, 2.24) is 14.7 Å². The van der Waals surface area contributed by atoms with Crippen molar-refractivity contribution in [2.45, 2.75) is 88.9 Å². The molecule has 0 aliphatic heterocycles. The van der Waals surface area contributed by atoms with Crippen LogP contribution in [-0.4, -0.2) is 78.6 Å². The summed E-state index contributed by atoms with van der Waals surface area (Å²) in [6.45, 7) is 2.29. The van der Waals surface area contributed by atoms with Crippen LogP contribution in [0.1, 0.15) is 77.6 Å². The molecule has 0 aromatic heterocycles. The molecule has 3 nitrogen and oxygen atoms in total. The summed E-state index contributed by atoms with van der Waals surface area (Å²) in [7, 11) is 14.6. The number of hydrogen-bond donors (Lipinski definition) is 0. The van der Waals surface area contributed by atoms with Gasteiger partial charge < -0.3 is 4.90 Å². The Hall–Kier alpha value is 0.0969. The van der Waals surface area contributed by atoms with Crippen molar-refractivity contribution in [3.8, 4) is 0 Å². The van der Waals surface area contributed by atoms with Crippen molar-refractivity contribution in [2.24, 2.45) is 0 Å². The van der Waals surface area contributed by atoms with Crippen LogP contribution in [-0.2, 0) is 0 Å². The van der Waals surface area contributed by atoms with E-state index in [-0.39, 0.29) is 5.29 Å². The second-order valence-corrected chi connectivity index (χ2v) is 9.80. The van der Waals surface area contributed by atoms with Gasteiger partial charge in [-0.05, 0) is 48.7 Å². The Morgan fingerprint density at radius 1 is 0.667 bits per heavy atom. The minimum atomic E-state index is 0.211. The molecule has 0 amide bonds. The molecule has 1 unspecified atom stereocenters. The molecule has 0 spiro atoms. The largest absolute Gasteiger partial charge is 0.304 e. The van der Waals surface area contributed by atoms with E-state index >= 15 is 0 Å². The van der Waals surface area contributed by atoms with Crippen molar-refractivity contribution >= 4 is 10.2 Å². The van der Waals surface area contributed by atoms with Gasteiger partial charge in [0.15, 0.2) is 0 Å². The van der Waals surface area contributed by atoms with Crippen molar-refractivity contribution in [1.29, 1.82) is 0 Å². The monoisotopic (exact) mass is 357 g/mol. The Labute approximate surface area is 156 Å². The van der Waals surface area contributed by atoms with Gasteiger partial charge in [-0.3, -0.25) is 9.80 Å². The van der Waals surface area contributed by atoms with Crippen LogP contribution in [0.2, 0.25) is 0 Å². The van der Waals surface area contributed by atoms with Crippen molar-refractivity contribution < 1.29 is 0 Å². The highest BCUT2D eigenvalue weighted by molar-refractivity contribution is 6.15. The molecular weight excluding hydrogens is 310 g/mol. The van der Waals surface area contributed by atoms with Gasteiger partial charge in [0.25, 0.3) is 0 Å². The molecule has 0 aliphatic rings. The first kappa shape index (κ1) is 24.1. The zero-order valence-electron chi connectivity index (χ0n) is 18.2. The molecule has 0 radical (unpaired) electrons. The van der Waals surface area contributed by atoms with Crippen molar-refractivity contribution in [2.75, 3.05) is 42.3 Å². The van der Waals surface area contributed by atoms with Crippen LogP contribution in [0.3, 0.4) is 0 Å². The zero-order chi connectivity index (χ0) is 18.6. The topological polar surface area (TPSA) is 9.72 Å². The Balaban J connectivity index is 4.07. The van der Waals surface area contributed by atoms with E-state index in [0.29, 0.717) is 6.04 Å². The van der Waals surface area contributed by atoms with Crippen LogP contribution in [0, 0.1) is 0 Å².